The van der Waals surface area contributed by atoms with Gasteiger partial charge in [0, 0.05) is 26.2 Å². The van der Waals surface area contributed by atoms with Crippen molar-refractivity contribution < 1.29 is 17.9 Å². The lowest BCUT2D eigenvalue weighted by Gasteiger charge is -2.33. The van der Waals surface area contributed by atoms with Crippen LogP contribution in [-0.2, 0) is 10.0 Å². The van der Waals surface area contributed by atoms with E-state index in [2.05, 4.69) is 13.8 Å². The van der Waals surface area contributed by atoms with Crippen LogP contribution < -0.4 is 4.74 Å². The number of hydrogen-bond acceptors (Lipinski definition) is 4. The first-order chi connectivity index (χ1) is 10.7. The lowest BCUT2D eigenvalue weighted by molar-refractivity contribution is 0.0695. The number of rotatable bonds is 4. The van der Waals surface area contributed by atoms with Crippen molar-refractivity contribution in [3.05, 3.63) is 29.3 Å². The molecular weight excluding hydrogens is 316 g/mol. The summed E-state index contributed by atoms with van der Waals surface area (Å²) in [5.41, 5.74) is 1.63. The molecule has 1 heterocycles. The highest BCUT2D eigenvalue weighted by molar-refractivity contribution is 7.88. The minimum Gasteiger partial charge on any atom is -0.496 e. The molecule has 0 N–H and O–H groups in total. The quantitative estimate of drug-likeness (QED) is 0.834. The number of carbonyl (C=O) groups excluding carboxylic acids is 1. The zero-order valence-electron chi connectivity index (χ0n) is 14.1. The third-order valence-electron chi connectivity index (χ3n) is 4.12. The van der Waals surface area contributed by atoms with Crippen LogP contribution in [-0.4, -0.2) is 63.1 Å². The molecule has 1 aliphatic heterocycles. The van der Waals surface area contributed by atoms with Crippen molar-refractivity contribution in [2.75, 3.05) is 39.5 Å². The average Bonchev–Trinajstić information content (AvgIpc) is 2.52. The summed E-state index contributed by atoms with van der Waals surface area (Å²) < 4.78 is 29.8. The fourth-order valence-corrected chi connectivity index (χ4v) is 3.46. The van der Waals surface area contributed by atoms with E-state index in [9.17, 15) is 13.2 Å². The van der Waals surface area contributed by atoms with Crippen LogP contribution in [0.3, 0.4) is 0 Å². The summed E-state index contributed by atoms with van der Waals surface area (Å²) in [6, 6.07) is 5.62. The molecular formula is C16H24N2O4S. The predicted octanol–water partition coefficient (Wildman–Crippen LogP) is 1.54. The molecule has 2 rings (SSSR count). The molecule has 0 aromatic heterocycles. The third-order valence-corrected chi connectivity index (χ3v) is 5.42. The molecule has 6 nitrogen and oxygen atoms in total. The number of methoxy groups -OCH3 is 1. The molecule has 0 bridgehead atoms. The van der Waals surface area contributed by atoms with Crippen molar-refractivity contribution in [2.45, 2.75) is 19.8 Å². The van der Waals surface area contributed by atoms with Gasteiger partial charge in [0.15, 0.2) is 0 Å². The Morgan fingerprint density at radius 3 is 2.26 bits per heavy atom. The normalized spacial score (nSPS) is 16.7. The number of sulfonamides is 1. The lowest BCUT2D eigenvalue weighted by atomic mass is 10.0. The molecule has 0 aliphatic carbocycles. The summed E-state index contributed by atoms with van der Waals surface area (Å²) in [4.78, 5) is 14.4. The fourth-order valence-electron chi connectivity index (χ4n) is 2.64. The zero-order valence-corrected chi connectivity index (χ0v) is 14.9. The van der Waals surface area contributed by atoms with E-state index in [1.54, 1.807) is 18.1 Å². The van der Waals surface area contributed by atoms with Gasteiger partial charge >= 0.3 is 0 Å². The molecule has 1 saturated heterocycles. The molecule has 1 aromatic carbocycles. The van der Waals surface area contributed by atoms with Gasteiger partial charge in [-0.1, -0.05) is 19.9 Å². The number of piperazine rings is 1. The monoisotopic (exact) mass is 340 g/mol. The SMILES string of the molecule is COc1cc(C(C)C)ccc1C(=O)N1CCN(S(C)(=O)=O)CC1. The second kappa shape index (κ2) is 6.88. The lowest BCUT2D eigenvalue weighted by Crippen LogP contribution is -2.50. The Labute approximate surface area is 138 Å². The van der Waals surface area contributed by atoms with Gasteiger partial charge in [0.1, 0.15) is 5.75 Å². The summed E-state index contributed by atoms with van der Waals surface area (Å²) in [6.07, 6.45) is 1.19. The van der Waals surface area contributed by atoms with E-state index in [1.165, 1.54) is 10.6 Å². The van der Waals surface area contributed by atoms with E-state index >= 15 is 0 Å². The van der Waals surface area contributed by atoms with Gasteiger partial charge in [-0.3, -0.25) is 4.79 Å². The number of nitrogens with zero attached hydrogens (tertiary/aromatic N) is 2. The van der Waals surface area contributed by atoms with E-state index < -0.39 is 10.0 Å². The number of ether oxygens (including phenoxy) is 1. The molecule has 1 fully saturated rings. The van der Waals surface area contributed by atoms with E-state index in [-0.39, 0.29) is 5.91 Å². The minimum atomic E-state index is -3.20. The van der Waals surface area contributed by atoms with Gasteiger partial charge in [-0.15, -0.1) is 0 Å². The molecule has 0 spiro atoms. The van der Waals surface area contributed by atoms with Crippen molar-refractivity contribution in [2.24, 2.45) is 0 Å². The van der Waals surface area contributed by atoms with Crippen molar-refractivity contribution in [1.82, 2.24) is 9.21 Å². The van der Waals surface area contributed by atoms with Gasteiger partial charge in [0.2, 0.25) is 10.0 Å². The highest BCUT2D eigenvalue weighted by Gasteiger charge is 2.28. The molecule has 0 unspecified atom stereocenters. The van der Waals surface area contributed by atoms with E-state index in [0.29, 0.717) is 43.4 Å². The molecule has 0 radical (unpaired) electrons. The Kier molecular flexibility index (Phi) is 5.31. The summed E-state index contributed by atoms with van der Waals surface area (Å²) in [5.74, 6) is 0.795. The minimum absolute atomic E-state index is 0.120. The Bertz CT molecular complexity index is 677. The first-order valence-corrected chi connectivity index (χ1v) is 9.51. The molecule has 0 atom stereocenters. The number of amides is 1. The van der Waals surface area contributed by atoms with Crippen LogP contribution in [0, 0.1) is 0 Å². The van der Waals surface area contributed by atoms with Gasteiger partial charge in [-0.25, -0.2) is 8.42 Å². The van der Waals surface area contributed by atoms with Crippen LogP contribution in [0.2, 0.25) is 0 Å². The van der Waals surface area contributed by atoms with Gasteiger partial charge in [0.25, 0.3) is 5.91 Å². The van der Waals surface area contributed by atoms with Crippen LogP contribution in [0.5, 0.6) is 5.75 Å². The van der Waals surface area contributed by atoms with Gasteiger partial charge in [0.05, 0.1) is 18.9 Å². The zero-order chi connectivity index (χ0) is 17.2. The smallest absolute Gasteiger partial charge is 0.257 e. The number of hydrogen-bond donors (Lipinski definition) is 0. The number of benzene rings is 1. The molecule has 1 aliphatic rings. The predicted molar refractivity (Wildman–Crippen MR) is 89.4 cm³/mol. The second-order valence-corrected chi connectivity index (χ2v) is 8.05. The van der Waals surface area contributed by atoms with Crippen molar-refractivity contribution in [3.8, 4) is 5.75 Å². The van der Waals surface area contributed by atoms with E-state index in [1.807, 2.05) is 12.1 Å². The number of carbonyl (C=O) groups is 1. The van der Waals surface area contributed by atoms with Gasteiger partial charge in [-0.05, 0) is 23.6 Å². The third kappa shape index (κ3) is 4.03. The molecule has 0 saturated carbocycles. The topological polar surface area (TPSA) is 66.9 Å². The fraction of sp³-hybridized carbons (Fsp3) is 0.562. The highest BCUT2D eigenvalue weighted by Crippen LogP contribution is 2.26. The summed E-state index contributed by atoms with van der Waals surface area (Å²) in [7, 11) is -1.64. The molecule has 7 heteroatoms. The highest BCUT2D eigenvalue weighted by atomic mass is 32.2. The molecule has 1 amide bonds. The maximum atomic E-state index is 12.7. The standard InChI is InChI=1S/C16H24N2O4S/c1-12(2)13-5-6-14(15(11-13)22-3)16(19)17-7-9-18(10-8-17)23(4,20)21/h5-6,11-12H,7-10H2,1-4H3. The van der Waals surface area contributed by atoms with Crippen LogP contribution in [0.4, 0.5) is 0 Å². The summed E-state index contributed by atoms with van der Waals surface area (Å²) in [5, 5.41) is 0. The van der Waals surface area contributed by atoms with E-state index in [4.69, 9.17) is 4.74 Å². The average molecular weight is 340 g/mol. The maximum Gasteiger partial charge on any atom is 0.257 e. The molecule has 128 valence electrons. The van der Waals surface area contributed by atoms with Crippen molar-refractivity contribution in [3.63, 3.8) is 0 Å². The van der Waals surface area contributed by atoms with Crippen molar-refractivity contribution >= 4 is 15.9 Å². The Hall–Kier alpha value is -1.60. The Morgan fingerprint density at radius 2 is 1.78 bits per heavy atom. The Balaban J connectivity index is 2.15. The largest absolute Gasteiger partial charge is 0.496 e. The van der Waals surface area contributed by atoms with Crippen LogP contribution in [0.15, 0.2) is 18.2 Å². The molecule has 23 heavy (non-hydrogen) atoms. The first kappa shape index (κ1) is 17.7. The summed E-state index contributed by atoms with van der Waals surface area (Å²) >= 11 is 0. The Morgan fingerprint density at radius 1 is 1.17 bits per heavy atom. The van der Waals surface area contributed by atoms with Crippen LogP contribution >= 0.6 is 0 Å². The first-order valence-electron chi connectivity index (χ1n) is 7.66. The van der Waals surface area contributed by atoms with E-state index in [0.717, 1.165) is 5.56 Å². The maximum absolute atomic E-state index is 12.7. The second-order valence-electron chi connectivity index (χ2n) is 6.07. The van der Waals surface area contributed by atoms with Gasteiger partial charge < -0.3 is 9.64 Å². The molecule has 1 aromatic rings. The van der Waals surface area contributed by atoms with Crippen molar-refractivity contribution in [1.29, 1.82) is 0 Å². The van der Waals surface area contributed by atoms with Crippen LogP contribution in [0.1, 0.15) is 35.7 Å². The van der Waals surface area contributed by atoms with Crippen LogP contribution in [0.25, 0.3) is 0 Å². The van der Waals surface area contributed by atoms with Gasteiger partial charge in [-0.2, -0.15) is 4.31 Å². The summed E-state index contributed by atoms with van der Waals surface area (Å²) in [6.45, 7) is 5.61.